The molecule has 0 aliphatic heterocycles. The Labute approximate surface area is 89.5 Å². The van der Waals surface area contributed by atoms with Crippen LogP contribution in [-0.2, 0) is 23.1 Å². The predicted molar refractivity (Wildman–Crippen MR) is 55.3 cm³/mol. The van der Waals surface area contributed by atoms with Crippen LogP contribution < -0.4 is 0 Å². The Kier molecular flexibility index (Phi) is 9.61. The van der Waals surface area contributed by atoms with Crippen LogP contribution in [0, 0.1) is 0 Å². The standard InChI is InChI=1S/C6H10O2.C2H7O4P/c1-4-8-6(7)5(2)3;1-5-7(3,4)6-2/h2,4H2,1,3H3;1-2H3,(H,3,4). The zero-order valence-electron chi connectivity index (χ0n) is 9.35. The third kappa shape index (κ3) is 11.2. The summed E-state index contributed by atoms with van der Waals surface area (Å²) in [6.45, 7) is 7.21. The van der Waals surface area contributed by atoms with Crippen molar-refractivity contribution in [3.8, 4) is 0 Å². The van der Waals surface area contributed by atoms with E-state index in [-0.39, 0.29) is 5.97 Å². The van der Waals surface area contributed by atoms with E-state index in [9.17, 15) is 9.36 Å². The second kappa shape index (κ2) is 8.61. The van der Waals surface area contributed by atoms with Crippen LogP contribution >= 0.6 is 7.82 Å². The molecule has 0 atom stereocenters. The van der Waals surface area contributed by atoms with Gasteiger partial charge in [-0.2, -0.15) is 0 Å². The van der Waals surface area contributed by atoms with Crippen molar-refractivity contribution in [2.75, 3.05) is 20.8 Å². The first-order chi connectivity index (χ1) is 6.80. The van der Waals surface area contributed by atoms with Gasteiger partial charge >= 0.3 is 13.8 Å². The highest BCUT2D eigenvalue weighted by atomic mass is 31.2. The molecule has 0 bridgehead atoms. The van der Waals surface area contributed by atoms with Gasteiger partial charge in [0.1, 0.15) is 0 Å². The van der Waals surface area contributed by atoms with Crippen LogP contribution in [0.1, 0.15) is 13.8 Å². The van der Waals surface area contributed by atoms with E-state index in [1.54, 1.807) is 13.8 Å². The maximum absolute atomic E-state index is 10.4. The molecule has 1 N–H and O–H groups in total. The minimum atomic E-state index is -3.65. The monoisotopic (exact) mass is 240 g/mol. The van der Waals surface area contributed by atoms with Crippen LogP contribution in [0.5, 0.6) is 0 Å². The molecule has 0 heterocycles. The summed E-state index contributed by atoms with van der Waals surface area (Å²) in [6, 6.07) is 0. The molecule has 0 aliphatic rings. The first-order valence-corrected chi connectivity index (χ1v) is 5.57. The van der Waals surface area contributed by atoms with Crippen molar-refractivity contribution < 1.29 is 28.0 Å². The Bertz CT molecular complexity index is 242. The molecule has 0 aromatic carbocycles. The van der Waals surface area contributed by atoms with E-state index in [4.69, 9.17) is 4.89 Å². The van der Waals surface area contributed by atoms with Crippen LogP contribution in [0.4, 0.5) is 0 Å². The van der Waals surface area contributed by atoms with Crippen LogP contribution in [0.25, 0.3) is 0 Å². The van der Waals surface area contributed by atoms with Crippen molar-refractivity contribution in [3.63, 3.8) is 0 Å². The predicted octanol–water partition coefficient (Wildman–Crippen LogP) is 1.51. The summed E-state index contributed by atoms with van der Waals surface area (Å²) in [5, 5.41) is 0. The van der Waals surface area contributed by atoms with Gasteiger partial charge < -0.3 is 9.63 Å². The third-order valence-electron chi connectivity index (χ3n) is 1.09. The second-order valence-electron chi connectivity index (χ2n) is 2.33. The van der Waals surface area contributed by atoms with Crippen LogP contribution in [-0.4, -0.2) is 31.7 Å². The largest absolute Gasteiger partial charge is 0.471 e. The van der Waals surface area contributed by atoms with E-state index >= 15 is 0 Å². The molecule has 0 fully saturated rings. The lowest BCUT2D eigenvalue weighted by Gasteiger charge is -2.01. The number of hydrogen-bond acceptors (Lipinski definition) is 5. The summed E-state index contributed by atoms with van der Waals surface area (Å²) in [4.78, 5) is 18.7. The molecule has 0 radical (unpaired) electrons. The maximum Gasteiger partial charge on any atom is 0.471 e. The number of carbonyl (C=O) groups excluding carboxylic acids is 1. The van der Waals surface area contributed by atoms with Crippen LogP contribution in [0.2, 0.25) is 0 Å². The molecule has 0 rings (SSSR count). The van der Waals surface area contributed by atoms with Gasteiger partial charge in [0.05, 0.1) is 6.61 Å². The molecule has 0 amide bonds. The SMILES string of the molecule is C=C(C)C(=O)OCC.COP(=O)(O)OC. The Morgan fingerprint density at radius 2 is 1.80 bits per heavy atom. The number of hydrogen-bond donors (Lipinski definition) is 1. The first-order valence-electron chi connectivity index (χ1n) is 4.07. The molecular formula is C8H17O6P. The van der Waals surface area contributed by atoms with Crippen molar-refractivity contribution in [1.82, 2.24) is 0 Å². The third-order valence-corrected chi connectivity index (χ3v) is 2.01. The summed E-state index contributed by atoms with van der Waals surface area (Å²) in [6.07, 6.45) is 0. The molecule has 0 aromatic rings. The summed E-state index contributed by atoms with van der Waals surface area (Å²) in [5.74, 6) is -0.312. The number of carbonyl (C=O) groups is 1. The average Bonchev–Trinajstić information content (AvgIpc) is 2.19. The molecule has 90 valence electrons. The lowest BCUT2D eigenvalue weighted by molar-refractivity contribution is -0.138. The highest BCUT2D eigenvalue weighted by molar-refractivity contribution is 7.47. The van der Waals surface area contributed by atoms with Crippen molar-refractivity contribution in [1.29, 1.82) is 0 Å². The maximum atomic E-state index is 10.4. The molecule has 0 saturated heterocycles. The number of rotatable bonds is 4. The molecule has 0 aliphatic carbocycles. The molecule has 0 aromatic heterocycles. The second-order valence-corrected chi connectivity index (χ2v) is 4.00. The average molecular weight is 240 g/mol. The van der Waals surface area contributed by atoms with Crippen molar-refractivity contribution in [2.24, 2.45) is 0 Å². The zero-order chi connectivity index (χ0) is 12.5. The van der Waals surface area contributed by atoms with Gasteiger partial charge in [0.15, 0.2) is 0 Å². The highest BCUT2D eigenvalue weighted by Crippen LogP contribution is 2.40. The fourth-order valence-electron chi connectivity index (χ4n) is 0.329. The van der Waals surface area contributed by atoms with Gasteiger partial charge in [-0.25, -0.2) is 9.36 Å². The Morgan fingerprint density at radius 3 is 1.87 bits per heavy atom. The first kappa shape index (κ1) is 16.7. The number of phosphoric acid groups is 1. The normalized spacial score (nSPS) is 9.93. The molecule has 0 saturated carbocycles. The van der Waals surface area contributed by atoms with E-state index in [0.717, 1.165) is 14.2 Å². The lowest BCUT2D eigenvalue weighted by Crippen LogP contribution is -2.03. The quantitative estimate of drug-likeness (QED) is 0.455. The van der Waals surface area contributed by atoms with Gasteiger partial charge in [0, 0.05) is 19.8 Å². The summed E-state index contributed by atoms with van der Waals surface area (Å²) >= 11 is 0. The van der Waals surface area contributed by atoms with E-state index in [0.29, 0.717) is 12.2 Å². The smallest absolute Gasteiger partial charge is 0.463 e. The molecule has 6 nitrogen and oxygen atoms in total. The minimum Gasteiger partial charge on any atom is -0.463 e. The molecule has 7 heteroatoms. The molecule has 0 unspecified atom stereocenters. The van der Waals surface area contributed by atoms with Crippen molar-refractivity contribution in [2.45, 2.75) is 13.8 Å². The van der Waals surface area contributed by atoms with Crippen LogP contribution in [0.3, 0.4) is 0 Å². The minimum absolute atomic E-state index is 0.312. The number of phosphoric ester groups is 1. The Balaban J connectivity index is 0. The van der Waals surface area contributed by atoms with Gasteiger partial charge in [0.25, 0.3) is 0 Å². The van der Waals surface area contributed by atoms with Crippen molar-refractivity contribution >= 4 is 13.8 Å². The van der Waals surface area contributed by atoms with Crippen LogP contribution in [0.15, 0.2) is 12.2 Å². The number of esters is 1. The van der Waals surface area contributed by atoms with Gasteiger partial charge in [-0.15, -0.1) is 0 Å². The zero-order valence-corrected chi connectivity index (χ0v) is 10.2. The summed E-state index contributed by atoms with van der Waals surface area (Å²) < 4.78 is 22.6. The summed E-state index contributed by atoms with van der Waals surface area (Å²) in [5.41, 5.74) is 0.451. The highest BCUT2D eigenvalue weighted by Gasteiger charge is 2.13. The van der Waals surface area contributed by atoms with Gasteiger partial charge in [-0.3, -0.25) is 9.05 Å². The van der Waals surface area contributed by atoms with E-state index in [2.05, 4.69) is 20.4 Å². The van der Waals surface area contributed by atoms with E-state index in [1.165, 1.54) is 0 Å². The topological polar surface area (TPSA) is 82.1 Å². The van der Waals surface area contributed by atoms with Gasteiger partial charge in [-0.05, 0) is 13.8 Å². The van der Waals surface area contributed by atoms with E-state index in [1.807, 2.05) is 0 Å². The number of ether oxygens (including phenoxy) is 1. The Hall–Kier alpha value is -0.680. The summed E-state index contributed by atoms with van der Waals surface area (Å²) in [7, 11) is -1.45. The fourth-order valence-corrected chi connectivity index (χ4v) is 0.478. The van der Waals surface area contributed by atoms with Gasteiger partial charge in [0.2, 0.25) is 0 Å². The fraction of sp³-hybridized carbons (Fsp3) is 0.625. The molecule has 15 heavy (non-hydrogen) atoms. The molecular weight excluding hydrogens is 223 g/mol. The van der Waals surface area contributed by atoms with Crippen molar-refractivity contribution in [3.05, 3.63) is 12.2 Å². The Morgan fingerprint density at radius 1 is 1.40 bits per heavy atom. The van der Waals surface area contributed by atoms with Gasteiger partial charge in [-0.1, -0.05) is 6.58 Å². The van der Waals surface area contributed by atoms with E-state index < -0.39 is 7.82 Å². The molecule has 0 spiro atoms. The lowest BCUT2D eigenvalue weighted by atomic mass is 10.4.